The molecule has 18 heavy (non-hydrogen) atoms. The van der Waals surface area contributed by atoms with Gasteiger partial charge in [0.1, 0.15) is 13.2 Å². The zero-order valence-corrected chi connectivity index (χ0v) is 10.3. The number of unbranched alkanes of at least 4 members (excludes halogenated alkanes) is 1. The van der Waals surface area contributed by atoms with Crippen LogP contribution in [0.1, 0.15) is 24.8 Å². The van der Waals surface area contributed by atoms with Crippen LogP contribution in [-0.4, -0.2) is 19.1 Å². The Bertz CT molecular complexity index is 421. The van der Waals surface area contributed by atoms with Gasteiger partial charge in [0.25, 0.3) is 0 Å². The minimum absolute atomic E-state index is 0.114. The molecule has 1 aromatic rings. The third-order valence-corrected chi connectivity index (χ3v) is 2.89. The van der Waals surface area contributed by atoms with E-state index in [9.17, 15) is 4.79 Å². The molecule has 0 aliphatic carbocycles. The fraction of sp³-hybridized carbons (Fsp3) is 0.462. The normalized spacial score (nSPS) is 13.2. The molecule has 1 aromatic carbocycles. The van der Waals surface area contributed by atoms with Crippen molar-refractivity contribution in [1.29, 1.82) is 0 Å². The van der Waals surface area contributed by atoms with E-state index in [2.05, 4.69) is 5.43 Å². The van der Waals surface area contributed by atoms with E-state index in [1.807, 2.05) is 18.2 Å². The molecule has 5 heteroatoms. The van der Waals surface area contributed by atoms with Gasteiger partial charge < -0.3 is 9.47 Å². The Balaban J connectivity index is 1.81. The van der Waals surface area contributed by atoms with Gasteiger partial charge in [-0.2, -0.15) is 0 Å². The Morgan fingerprint density at radius 3 is 2.78 bits per heavy atom. The largest absolute Gasteiger partial charge is 0.486 e. The molecular formula is C13H18N2O3. The molecule has 0 bridgehead atoms. The van der Waals surface area contributed by atoms with E-state index in [4.69, 9.17) is 15.3 Å². The van der Waals surface area contributed by atoms with E-state index in [0.717, 1.165) is 30.8 Å². The third kappa shape index (κ3) is 3.37. The number of hydrogen-bond acceptors (Lipinski definition) is 4. The number of amides is 1. The van der Waals surface area contributed by atoms with Crippen LogP contribution in [-0.2, 0) is 11.2 Å². The van der Waals surface area contributed by atoms with Crippen LogP contribution >= 0.6 is 0 Å². The molecule has 1 aliphatic heterocycles. The highest BCUT2D eigenvalue weighted by Gasteiger charge is 2.11. The maximum atomic E-state index is 10.9. The number of nitrogens with two attached hydrogens (primary N) is 1. The van der Waals surface area contributed by atoms with Gasteiger partial charge in [-0.3, -0.25) is 10.2 Å². The molecule has 0 saturated carbocycles. The SMILES string of the molecule is NNC(=O)CCCCc1ccc2c(c1)OCCO2. The lowest BCUT2D eigenvalue weighted by Crippen LogP contribution is -2.29. The van der Waals surface area contributed by atoms with Gasteiger partial charge in [-0.1, -0.05) is 6.07 Å². The molecule has 0 fully saturated rings. The summed E-state index contributed by atoms with van der Waals surface area (Å²) in [6.07, 6.45) is 3.18. The first-order valence-corrected chi connectivity index (χ1v) is 6.17. The molecule has 0 unspecified atom stereocenters. The number of ether oxygens (including phenoxy) is 2. The van der Waals surface area contributed by atoms with Crippen LogP contribution in [0.4, 0.5) is 0 Å². The molecule has 98 valence electrons. The number of carbonyl (C=O) groups excluding carboxylic acids is 1. The fourth-order valence-corrected chi connectivity index (χ4v) is 1.93. The zero-order valence-electron chi connectivity index (χ0n) is 10.3. The van der Waals surface area contributed by atoms with Crippen LogP contribution < -0.4 is 20.7 Å². The Morgan fingerprint density at radius 1 is 1.22 bits per heavy atom. The number of carbonyl (C=O) groups is 1. The highest BCUT2D eigenvalue weighted by molar-refractivity contribution is 5.75. The molecule has 2 rings (SSSR count). The Kier molecular flexibility index (Phi) is 4.41. The number of hydrogen-bond donors (Lipinski definition) is 2. The van der Waals surface area contributed by atoms with Gasteiger partial charge in [0.2, 0.25) is 5.91 Å². The standard InChI is InChI=1S/C13H18N2O3/c14-15-13(16)4-2-1-3-10-5-6-11-12(9-10)18-8-7-17-11/h5-6,9H,1-4,7-8,14H2,(H,15,16). The van der Waals surface area contributed by atoms with Crippen molar-refractivity contribution in [1.82, 2.24) is 5.43 Å². The molecule has 5 nitrogen and oxygen atoms in total. The summed E-state index contributed by atoms with van der Waals surface area (Å²) in [7, 11) is 0. The second-order valence-corrected chi connectivity index (χ2v) is 4.25. The first-order valence-electron chi connectivity index (χ1n) is 6.17. The molecular weight excluding hydrogens is 232 g/mol. The zero-order chi connectivity index (χ0) is 12.8. The summed E-state index contributed by atoms with van der Waals surface area (Å²) in [4.78, 5) is 10.9. The average molecular weight is 250 g/mol. The van der Waals surface area contributed by atoms with Crippen LogP contribution in [0.5, 0.6) is 11.5 Å². The highest BCUT2D eigenvalue weighted by Crippen LogP contribution is 2.31. The first kappa shape index (κ1) is 12.7. The summed E-state index contributed by atoms with van der Waals surface area (Å²) in [5, 5.41) is 0. The van der Waals surface area contributed by atoms with E-state index in [-0.39, 0.29) is 5.91 Å². The Labute approximate surface area is 106 Å². The number of rotatable bonds is 5. The van der Waals surface area contributed by atoms with Gasteiger partial charge in [0.15, 0.2) is 11.5 Å². The first-order chi connectivity index (χ1) is 8.79. The number of benzene rings is 1. The Hall–Kier alpha value is -1.75. The molecule has 0 spiro atoms. The number of fused-ring (bicyclic) bond motifs is 1. The molecule has 0 radical (unpaired) electrons. The van der Waals surface area contributed by atoms with E-state index in [0.29, 0.717) is 19.6 Å². The summed E-state index contributed by atoms with van der Waals surface area (Å²) >= 11 is 0. The summed E-state index contributed by atoms with van der Waals surface area (Å²) < 4.78 is 11.0. The molecule has 1 heterocycles. The minimum atomic E-state index is -0.114. The van der Waals surface area contributed by atoms with Crippen LogP contribution in [0.2, 0.25) is 0 Å². The lowest BCUT2D eigenvalue weighted by molar-refractivity contribution is -0.121. The molecule has 0 atom stereocenters. The van der Waals surface area contributed by atoms with E-state index < -0.39 is 0 Å². The van der Waals surface area contributed by atoms with Crippen LogP contribution in [0, 0.1) is 0 Å². The number of nitrogens with one attached hydrogen (secondary N) is 1. The van der Waals surface area contributed by atoms with E-state index in [1.54, 1.807) is 0 Å². The molecule has 3 N–H and O–H groups in total. The summed E-state index contributed by atoms with van der Waals surface area (Å²) in [6.45, 7) is 1.22. The van der Waals surface area contributed by atoms with Gasteiger partial charge >= 0.3 is 0 Å². The Morgan fingerprint density at radius 2 is 2.00 bits per heavy atom. The van der Waals surface area contributed by atoms with Crippen molar-refractivity contribution in [2.75, 3.05) is 13.2 Å². The second kappa shape index (κ2) is 6.26. The van der Waals surface area contributed by atoms with E-state index in [1.165, 1.54) is 5.56 Å². The second-order valence-electron chi connectivity index (χ2n) is 4.25. The third-order valence-electron chi connectivity index (χ3n) is 2.89. The topological polar surface area (TPSA) is 73.6 Å². The molecule has 0 aromatic heterocycles. The lowest BCUT2D eigenvalue weighted by Gasteiger charge is -2.18. The van der Waals surface area contributed by atoms with Crippen molar-refractivity contribution in [3.8, 4) is 11.5 Å². The van der Waals surface area contributed by atoms with Crippen molar-refractivity contribution in [3.05, 3.63) is 23.8 Å². The summed E-state index contributed by atoms with van der Waals surface area (Å²) in [6, 6.07) is 5.99. The van der Waals surface area contributed by atoms with Crippen molar-refractivity contribution >= 4 is 5.91 Å². The average Bonchev–Trinajstić information content (AvgIpc) is 2.43. The molecule has 1 amide bonds. The minimum Gasteiger partial charge on any atom is -0.486 e. The lowest BCUT2D eigenvalue weighted by atomic mass is 10.1. The van der Waals surface area contributed by atoms with Crippen LogP contribution in [0.15, 0.2) is 18.2 Å². The number of aryl methyl sites for hydroxylation is 1. The van der Waals surface area contributed by atoms with Crippen molar-refractivity contribution in [2.24, 2.45) is 5.84 Å². The van der Waals surface area contributed by atoms with Crippen molar-refractivity contribution in [3.63, 3.8) is 0 Å². The summed E-state index contributed by atoms with van der Waals surface area (Å²) in [5.74, 6) is 6.53. The van der Waals surface area contributed by atoms with Crippen molar-refractivity contribution in [2.45, 2.75) is 25.7 Å². The van der Waals surface area contributed by atoms with Gasteiger partial charge in [-0.15, -0.1) is 0 Å². The quantitative estimate of drug-likeness (QED) is 0.356. The van der Waals surface area contributed by atoms with Crippen molar-refractivity contribution < 1.29 is 14.3 Å². The smallest absolute Gasteiger partial charge is 0.233 e. The van der Waals surface area contributed by atoms with Crippen LogP contribution in [0.25, 0.3) is 0 Å². The molecule has 0 saturated heterocycles. The van der Waals surface area contributed by atoms with Crippen LogP contribution in [0.3, 0.4) is 0 Å². The summed E-state index contributed by atoms with van der Waals surface area (Å²) in [5.41, 5.74) is 3.33. The van der Waals surface area contributed by atoms with Gasteiger partial charge in [0.05, 0.1) is 0 Å². The monoisotopic (exact) mass is 250 g/mol. The fourth-order valence-electron chi connectivity index (χ4n) is 1.93. The van der Waals surface area contributed by atoms with Gasteiger partial charge in [-0.25, -0.2) is 5.84 Å². The van der Waals surface area contributed by atoms with E-state index >= 15 is 0 Å². The predicted octanol–water partition coefficient (Wildman–Crippen LogP) is 1.16. The number of hydrazine groups is 1. The van der Waals surface area contributed by atoms with Gasteiger partial charge in [-0.05, 0) is 37.0 Å². The maximum absolute atomic E-state index is 10.9. The predicted molar refractivity (Wildman–Crippen MR) is 67.3 cm³/mol. The molecule has 1 aliphatic rings. The highest BCUT2D eigenvalue weighted by atomic mass is 16.6. The van der Waals surface area contributed by atoms with Gasteiger partial charge in [0, 0.05) is 6.42 Å². The maximum Gasteiger partial charge on any atom is 0.233 e.